The van der Waals surface area contributed by atoms with E-state index in [-0.39, 0.29) is 5.63 Å². The summed E-state index contributed by atoms with van der Waals surface area (Å²) >= 11 is 12.4. The van der Waals surface area contributed by atoms with Crippen LogP contribution in [-0.2, 0) is 19.5 Å². The molecule has 4 aromatic rings. The van der Waals surface area contributed by atoms with Crippen molar-refractivity contribution in [1.82, 2.24) is 4.90 Å². The molecule has 32 heavy (non-hydrogen) atoms. The van der Waals surface area contributed by atoms with Crippen LogP contribution in [0.15, 0.2) is 69.9 Å². The first kappa shape index (κ1) is 21.1. The molecule has 0 N–H and O–H groups in total. The first-order valence-electron chi connectivity index (χ1n) is 10.4. The Bertz CT molecular complexity index is 1370. The molecule has 0 saturated heterocycles. The van der Waals surface area contributed by atoms with Crippen molar-refractivity contribution in [2.45, 2.75) is 26.4 Å². The summed E-state index contributed by atoms with van der Waals surface area (Å²) in [6, 6.07) is 19.4. The Morgan fingerprint density at radius 3 is 2.62 bits per heavy atom. The van der Waals surface area contributed by atoms with E-state index in [1.54, 1.807) is 6.07 Å². The van der Waals surface area contributed by atoms with Crippen molar-refractivity contribution in [3.05, 3.63) is 109 Å². The van der Waals surface area contributed by atoms with Gasteiger partial charge in [0.1, 0.15) is 18.1 Å². The molecular formula is C26H21Cl2NO3. The highest BCUT2D eigenvalue weighted by Gasteiger charge is 2.24. The normalized spacial score (nSPS) is 13.7. The number of ether oxygens (including phenoxy) is 1. The van der Waals surface area contributed by atoms with Crippen LogP contribution in [0.1, 0.15) is 27.8 Å². The van der Waals surface area contributed by atoms with Gasteiger partial charge in [-0.25, -0.2) is 4.79 Å². The minimum absolute atomic E-state index is 0.301. The predicted molar refractivity (Wildman–Crippen MR) is 128 cm³/mol. The number of rotatable bonds is 4. The van der Waals surface area contributed by atoms with E-state index >= 15 is 0 Å². The van der Waals surface area contributed by atoms with Gasteiger partial charge in [0.15, 0.2) is 0 Å². The second-order valence-electron chi connectivity index (χ2n) is 8.07. The van der Waals surface area contributed by atoms with E-state index in [4.69, 9.17) is 32.4 Å². The zero-order valence-corrected chi connectivity index (χ0v) is 19.0. The molecular weight excluding hydrogens is 445 g/mol. The predicted octanol–water partition coefficient (Wildman–Crippen LogP) is 6.35. The van der Waals surface area contributed by atoms with E-state index in [0.717, 1.165) is 33.4 Å². The Labute approximate surface area is 195 Å². The number of nitrogens with zero attached hydrogens (tertiary/aromatic N) is 1. The summed E-state index contributed by atoms with van der Waals surface area (Å²) in [6.07, 6.45) is 0.541. The zero-order chi connectivity index (χ0) is 22.2. The quantitative estimate of drug-likeness (QED) is 0.329. The lowest BCUT2D eigenvalue weighted by atomic mass is 9.97. The van der Waals surface area contributed by atoms with Gasteiger partial charge in [0.2, 0.25) is 0 Å². The molecule has 5 rings (SSSR count). The lowest BCUT2D eigenvalue weighted by Gasteiger charge is -2.29. The number of hydrogen-bond acceptors (Lipinski definition) is 4. The van der Waals surface area contributed by atoms with E-state index in [0.29, 0.717) is 47.4 Å². The maximum Gasteiger partial charge on any atom is 0.340 e. The van der Waals surface area contributed by atoms with E-state index in [9.17, 15) is 4.79 Å². The van der Waals surface area contributed by atoms with Gasteiger partial charge in [-0.15, -0.1) is 0 Å². The molecule has 0 radical (unpaired) electrons. The Hall–Kier alpha value is -2.79. The highest BCUT2D eigenvalue weighted by Crippen LogP contribution is 2.35. The summed E-state index contributed by atoms with van der Waals surface area (Å²) in [6.45, 7) is 3.60. The highest BCUT2D eigenvalue weighted by molar-refractivity contribution is 6.35. The minimum Gasteiger partial charge on any atom is -0.478 e. The lowest BCUT2D eigenvalue weighted by Crippen LogP contribution is -2.32. The molecule has 1 aliphatic rings. The molecule has 4 nitrogen and oxygen atoms in total. The molecule has 0 unspecified atom stereocenters. The third kappa shape index (κ3) is 4.02. The van der Waals surface area contributed by atoms with Crippen molar-refractivity contribution < 1.29 is 9.15 Å². The van der Waals surface area contributed by atoms with Crippen molar-refractivity contribution in [2.24, 2.45) is 0 Å². The monoisotopic (exact) mass is 465 g/mol. The largest absolute Gasteiger partial charge is 0.478 e. The molecule has 162 valence electrons. The van der Waals surface area contributed by atoms with Gasteiger partial charge in [-0.2, -0.15) is 0 Å². The average molecular weight is 466 g/mol. The SMILES string of the molecule is Cc1c(Cc2ccccc2)c(=O)oc2c3c(ccc12)OCN(Cc1ccc(Cl)cc1Cl)C3. The van der Waals surface area contributed by atoms with Gasteiger partial charge in [0, 0.05) is 40.5 Å². The Kier molecular flexibility index (Phi) is 5.68. The fraction of sp³-hybridized carbons (Fsp3) is 0.192. The fourth-order valence-electron chi connectivity index (χ4n) is 4.20. The zero-order valence-electron chi connectivity index (χ0n) is 17.5. The molecule has 0 aliphatic carbocycles. The van der Waals surface area contributed by atoms with Gasteiger partial charge in [-0.1, -0.05) is 59.6 Å². The maximum atomic E-state index is 12.9. The van der Waals surface area contributed by atoms with Gasteiger partial charge in [-0.3, -0.25) is 4.90 Å². The maximum absolute atomic E-state index is 12.9. The van der Waals surface area contributed by atoms with Gasteiger partial charge in [0.05, 0.1) is 5.56 Å². The molecule has 0 bridgehead atoms. The first-order valence-corrected chi connectivity index (χ1v) is 11.2. The van der Waals surface area contributed by atoms with Crippen molar-refractivity contribution in [3.8, 4) is 5.75 Å². The molecule has 0 atom stereocenters. The van der Waals surface area contributed by atoms with Crippen LogP contribution in [0.5, 0.6) is 5.75 Å². The van der Waals surface area contributed by atoms with E-state index in [2.05, 4.69) is 4.90 Å². The first-order chi connectivity index (χ1) is 15.5. The molecule has 2 heterocycles. The molecule has 0 fully saturated rings. The summed E-state index contributed by atoms with van der Waals surface area (Å²) in [7, 11) is 0. The van der Waals surface area contributed by atoms with Gasteiger partial charge >= 0.3 is 5.63 Å². The van der Waals surface area contributed by atoms with Crippen LogP contribution in [0.4, 0.5) is 0 Å². The van der Waals surface area contributed by atoms with Crippen LogP contribution in [0.3, 0.4) is 0 Å². The second kappa shape index (κ2) is 8.62. The van der Waals surface area contributed by atoms with Gasteiger partial charge in [0.25, 0.3) is 0 Å². The Balaban J connectivity index is 1.50. The van der Waals surface area contributed by atoms with Crippen LogP contribution in [0.2, 0.25) is 10.0 Å². The lowest BCUT2D eigenvalue weighted by molar-refractivity contribution is 0.0890. The summed E-state index contributed by atoms with van der Waals surface area (Å²) < 4.78 is 11.9. The van der Waals surface area contributed by atoms with E-state index in [1.165, 1.54) is 0 Å². The summed E-state index contributed by atoms with van der Waals surface area (Å²) in [4.78, 5) is 15.1. The van der Waals surface area contributed by atoms with Crippen molar-refractivity contribution >= 4 is 34.2 Å². The van der Waals surface area contributed by atoms with Gasteiger partial charge < -0.3 is 9.15 Å². The fourth-order valence-corrected chi connectivity index (χ4v) is 4.67. The number of hydrogen-bond donors (Lipinski definition) is 0. The van der Waals surface area contributed by atoms with Crippen LogP contribution in [0, 0.1) is 6.92 Å². The smallest absolute Gasteiger partial charge is 0.340 e. The van der Waals surface area contributed by atoms with Crippen molar-refractivity contribution in [1.29, 1.82) is 0 Å². The molecule has 3 aromatic carbocycles. The van der Waals surface area contributed by atoms with Crippen molar-refractivity contribution in [3.63, 3.8) is 0 Å². The minimum atomic E-state index is -0.301. The van der Waals surface area contributed by atoms with Gasteiger partial charge in [-0.05, 0) is 47.9 Å². The molecule has 0 spiro atoms. The standard InChI is InChI=1S/C26H21Cl2NO3/c1-16-20-9-10-24-22(14-29(15-31-24)13-18-7-8-19(27)12-23(18)28)25(20)32-26(30)21(16)11-17-5-3-2-4-6-17/h2-10,12H,11,13-15H2,1H3. The third-order valence-corrected chi connectivity index (χ3v) is 6.52. The van der Waals surface area contributed by atoms with E-state index < -0.39 is 0 Å². The number of benzene rings is 3. The molecule has 6 heteroatoms. The summed E-state index contributed by atoms with van der Waals surface area (Å²) in [5.41, 5.74) is 4.84. The highest BCUT2D eigenvalue weighted by atomic mass is 35.5. The average Bonchev–Trinajstić information content (AvgIpc) is 2.79. The Morgan fingerprint density at radius 1 is 1.03 bits per heavy atom. The second-order valence-corrected chi connectivity index (χ2v) is 8.91. The molecule has 1 aromatic heterocycles. The summed E-state index contributed by atoms with van der Waals surface area (Å²) in [5, 5.41) is 2.16. The number of halogens is 2. The van der Waals surface area contributed by atoms with Crippen molar-refractivity contribution in [2.75, 3.05) is 6.73 Å². The van der Waals surface area contributed by atoms with Crippen LogP contribution < -0.4 is 10.4 Å². The third-order valence-electron chi connectivity index (χ3n) is 5.93. The molecule has 0 saturated carbocycles. The molecule has 0 amide bonds. The Morgan fingerprint density at radius 2 is 1.84 bits per heavy atom. The van der Waals surface area contributed by atoms with E-state index in [1.807, 2.05) is 61.5 Å². The van der Waals surface area contributed by atoms with Crippen LogP contribution in [-0.4, -0.2) is 11.6 Å². The summed E-state index contributed by atoms with van der Waals surface area (Å²) in [5.74, 6) is 0.745. The number of fused-ring (bicyclic) bond motifs is 3. The van der Waals surface area contributed by atoms with Crippen LogP contribution in [0.25, 0.3) is 11.0 Å². The number of aryl methyl sites for hydroxylation is 1. The topological polar surface area (TPSA) is 42.7 Å². The van der Waals surface area contributed by atoms with Crippen LogP contribution >= 0.6 is 23.2 Å². The molecule has 1 aliphatic heterocycles.